The molecule has 1 amide bonds. The Labute approximate surface area is 175 Å². The lowest BCUT2D eigenvalue weighted by Crippen LogP contribution is -2.43. The number of amides is 1. The van der Waals surface area contributed by atoms with E-state index in [1.165, 1.54) is 11.3 Å². The Morgan fingerprint density at radius 2 is 1.77 bits per heavy atom. The largest absolute Gasteiger partial charge is 0.456 e. The van der Waals surface area contributed by atoms with Gasteiger partial charge in [0, 0.05) is 6.42 Å². The van der Waals surface area contributed by atoms with Crippen molar-refractivity contribution >= 4 is 29.0 Å². The maximum atomic E-state index is 13.7. The highest BCUT2D eigenvalue weighted by Gasteiger charge is 2.25. The minimum Gasteiger partial charge on any atom is -0.456 e. The average molecular weight is 429 g/mol. The topological polar surface area (TPSA) is 72.5 Å². The number of benzene rings is 2. The molecule has 2 aromatic carbocycles. The van der Waals surface area contributed by atoms with Crippen molar-refractivity contribution in [3.8, 4) is 0 Å². The number of ketones is 1. The number of halogens is 2. The van der Waals surface area contributed by atoms with Crippen molar-refractivity contribution < 1.29 is 27.9 Å². The van der Waals surface area contributed by atoms with Crippen LogP contribution >= 0.6 is 11.3 Å². The van der Waals surface area contributed by atoms with Crippen molar-refractivity contribution in [1.82, 2.24) is 5.32 Å². The molecular formula is C22H17F2NO4S. The molecule has 0 saturated heterocycles. The fourth-order valence-corrected chi connectivity index (χ4v) is 3.33. The molecule has 1 atom stereocenters. The maximum Gasteiger partial charge on any atom is 0.329 e. The van der Waals surface area contributed by atoms with Crippen molar-refractivity contribution in [3.05, 3.63) is 93.7 Å². The van der Waals surface area contributed by atoms with Gasteiger partial charge in [-0.3, -0.25) is 9.59 Å². The number of thiophene rings is 1. The van der Waals surface area contributed by atoms with E-state index in [1.807, 2.05) is 6.07 Å². The SMILES string of the molecule is O=C(N[C@H](Cc1ccccc1)C(=O)OCC(=O)c1cc(F)ccc1F)c1cccs1. The van der Waals surface area contributed by atoms with E-state index in [0.717, 1.165) is 23.8 Å². The molecule has 0 fully saturated rings. The van der Waals surface area contributed by atoms with Gasteiger partial charge in [0.1, 0.15) is 17.7 Å². The van der Waals surface area contributed by atoms with Crippen LogP contribution in [0.2, 0.25) is 0 Å². The minimum absolute atomic E-state index is 0.138. The van der Waals surface area contributed by atoms with Gasteiger partial charge in [-0.05, 0) is 35.2 Å². The molecule has 0 radical (unpaired) electrons. The van der Waals surface area contributed by atoms with Gasteiger partial charge in [0.2, 0.25) is 5.78 Å². The molecule has 0 aliphatic rings. The smallest absolute Gasteiger partial charge is 0.329 e. The molecule has 1 N–H and O–H groups in total. The standard InChI is InChI=1S/C22H17F2NO4S/c23-15-8-9-17(24)16(12-15)19(26)13-29-22(28)18(11-14-5-2-1-3-6-14)25-21(27)20-7-4-10-30-20/h1-10,12,18H,11,13H2,(H,25,27)/t18-/m1/s1. The number of esters is 1. The van der Waals surface area contributed by atoms with Crippen LogP contribution in [0.15, 0.2) is 66.0 Å². The van der Waals surface area contributed by atoms with Crippen molar-refractivity contribution in [2.45, 2.75) is 12.5 Å². The van der Waals surface area contributed by atoms with Crippen LogP contribution in [0.3, 0.4) is 0 Å². The highest BCUT2D eigenvalue weighted by atomic mass is 32.1. The van der Waals surface area contributed by atoms with E-state index in [4.69, 9.17) is 4.74 Å². The quantitative estimate of drug-likeness (QED) is 0.437. The zero-order chi connectivity index (χ0) is 21.5. The van der Waals surface area contributed by atoms with E-state index in [-0.39, 0.29) is 6.42 Å². The van der Waals surface area contributed by atoms with Crippen molar-refractivity contribution in [2.24, 2.45) is 0 Å². The van der Waals surface area contributed by atoms with E-state index in [1.54, 1.807) is 41.8 Å². The van der Waals surface area contributed by atoms with Crippen LogP contribution in [0, 0.1) is 11.6 Å². The molecule has 1 heterocycles. The van der Waals surface area contributed by atoms with Gasteiger partial charge in [0.15, 0.2) is 6.61 Å². The van der Waals surface area contributed by atoms with Crippen LogP contribution in [0.5, 0.6) is 0 Å². The van der Waals surface area contributed by atoms with Gasteiger partial charge in [-0.25, -0.2) is 13.6 Å². The normalized spacial score (nSPS) is 11.5. The molecule has 0 saturated carbocycles. The van der Waals surface area contributed by atoms with E-state index in [2.05, 4.69) is 5.32 Å². The number of nitrogens with one attached hydrogen (secondary N) is 1. The Morgan fingerprint density at radius 3 is 2.47 bits per heavy atom. The molecule has 3 aromatic rings. The lowest BCUT2D eigenvalue weighted by Gasteiger charge is -2.17. The highest BCUT2D eigenvalue weighted by Crippen LogP contribution is 2.13. The number of hydrogen-bond donors (Lipinski definition) is 1. The molecule has 0 spiro atoms. The van der Waals surface area contributed by atoms with Gasteiger partial charge in [-0.15, -0.1) is 11.3 Å². The number of Topliss-reactive ketones (excluding diaryl/α,β-unsaturated/α-hetero) is 1. The summed E-state index contributed by atoms with van der Waals surface area (Å²) in [6, 6.07) is 13.7. The molecule has 1 aromatic heterocycles. The Morgan fingerprint density at radius 1 is 1.00 bits per heavy atom. The Hall–Kier alpha value is -3.39. The van der Waals surface area contributed by atoms with Gasteiger partial charge < -0.3 is 10.1 Å². The number of ether oxygens (including phenoxy) is 1. The minimum atomic E-state index is -1.06. The lowest BCUT2D eigenvalue weighted by atomic mass is 10.1. The van der Waals surface area contributed by atoms with Gasteiger partial charge in [-0.2, -0.15) is 0 Å². The summed E-state index contributed by atoms with van der Waals surface area (Å²) in [5, 5.41) is 4.33. The first-order valence-electron chi connectivity index (χ1n) is 8.97. The Kier molecular flexibility index (Phi) is 7.03. The maximum absolute atomic E-state index is 13.7. The van der Waals surface area contributed by atoms with E-state index in [0.29, 0.717) is 4.88 Å². The second-order valence-corrected chi connectivity index (χ2v) is 7.30. The second kappa shape index (κ2) is 9.89. The molecule has 154 valence electrons. The molecule has 30 heavy (non-hydrogen) atoms. The summed E-state index contributed by atoms with van der Waals surface area (Å²) in [5.74, 6) is -3.89. The van der Waals surface area contributed by atoms with Crippen LogP contribution in [0.4, 0.5) is 8.78 Å². The molecule has 0 bridgehead atoms. The molecule has 0 unspecified atom stereocenters. The Bertz CT molecular complexity index is 1040. The van der Waals surface area contributed by atoms with Gasteiger partial charge in [0.25, 0.3) is 5.91 Å². The highest BCUT2D eigenvalue weighted by molar-refractivity contribution is 7.12. The van der Waals surface area contributed by atoms with Crippen molar-refractivity contribution in [1.29, 1.82) is 0 Å². The van der Waals surface area contributed by atoms with Gasteiger partial charge in [0.05, 0.1) is 10.4 Å². The zero-order valence-corrected chi connectivity index (χ0v) is 16.5. The first-order valence-corrected chi connectivity index (χ1v) is 9.85. The first kappa shape index (κ1) is 21.3. The summed E-state index contributed by atoms with van der Waals surface area (Å²) in [5.41, 5.74) is 0.262. The second-order valence-electron chi connectivity index (χ2n) is 6.35. The summed E-state index contributed by atoms with van der Waals surface area (Å²) >= 11 is 1.21. The van der Waals surface area contributed by atoms with E-state index >= 15 is 0 Å². The number of hydrogen-bond acceptors (Lipinski definition) is 5. The van der Waals surface area contributed by atoms with Crippen molar-refractivity contribution in [2.75, 3.05) is 6.61 Å². The van der Waals surface area contributed by atoms with Crippen LogP contribution in [0.1, 0.15) is 25.6 Å². The van der Waals surface area contributed by atoms with Gasteiger partial charge in [-0.1, -0.05) is 36.4 Å². The third kappa shape index (κ3) is 5.57. The van der Waals surface area contributed by atoms with E-state index < -0.39 is 47.5 Å². The fourth-order valence-electron chi connectivity index (χ4n) is 2.71. The molecule has 0 aliphatic heterocycles. The monoisotopic (exact) mass is 429 g/mol. The van der Waals surface area contributed by atoms with E-state index in [9.17, 15) is 23.2 Å². The first-order chi connectivity index (χ1) is 14.4. The van der Waals surface area contributed by atoms with Crippen LogP contribution in [-0.2, 0) is 16.0 Å². The van der Waals surface area contributed by atoms with Crippen LogP contribution in [0.25, 0.3) is 0 Å². The summed E-state index contributed by atoms with van der Waals surface area (Å²) in [6.07, 6.45) is 0.138. The van der Waals surface area contributed by atoms with Crippen LogP contribution in [-0.4, -0.2) is 30.3 Å². The molecule has 0 aliphatic carbocycles. The van der Waals surface area contributed by atoms with Gasteiger partial charge >= 0.3 is 5.97 Å². The molecule has 8 heteroatoms. The average Bonchev–Trinajstić information content (AvgIpc) is 3.29. The summed E-state index contributed by atoms with van der Waals surface area (Å²) < 4.78 is 32.0. The number of carbonyl (C=O) groups excluding carboxylic acids is 3. The summed E-state index contributed by atoms with van der Waals surface area (Å²) in [7, 11) is 0. The molecule has 3 rings (SSSR count). The predicted octanol–water partition coefficient (Wildman–Crippen LogP) is 3.79. The predicted molar refractivity (Wildman–Crippen MR) is 107 cm³/mol. The number of carbonyl (C=O) groups is 3. The zero-order valence-electron chi connectivity index (χ0n) is 15.6. The summed E-state index contributed by atoms with van der Waals surface area (Å²) in [4.78, 5) is 37.5. The molecular weight excluding hydrogens is 412 g/mol. The third-order valence-corrected chi connectivity index (χ3v) is 5.06. The van der Waals surface area contributed by atoms with Crippen molar-refractivity contribution in [3.63, 3.8) is 0 Å². The third-order valence-electron chi connectivity index (χ3n) is 4.19. The van der Waals surface area contributed by atoms with Crippen LogP contribution < -0.4 is 5.32 Å². The molecule has 5 nitrogen and oxygen atoms in total. The number of rotatable bonds is 8. The summed E-state index contributed by atoms with van der Waals surface area (Å²) in [6.45, 7) is -0.778. The lowest BCUT2D eigenvalue weighted by molar-refractivity contribution is -0.144. The fraction of sp³-hybridized carbons (Fsp3) is 0.136. The Balaban J connectivity index is 1.70.